The Morgan fingerprint density at radius 2 is 1.63 bits per heavy atom. The lowest BCUT2D eigenvalue weighted by molar-refractivity contribution is 0.590. The van der Waals surface area contributed by atoms with Crippen LogP contribution in [0.1, 0.15) is 43.0 Å². The first-order valence-corrected chi connectivity index (χ1v) is 7.58. The van der Waals surface area contributed by atoms with E-state index >= 15 is 0 Å². The third-order valence-corrected chi connectivity index (χ3v) is 4.88. The molecule has 2 aromatic carbocycles. The van der Waals surface area contributed by atoms with Gasteiger partial charge in [-0.05, 0) is 58.2 Å². The Morgan fingerprint density at radius 1 is 0.947 bits per heavy atom. The zero-order valence-corrected chi connectivity index (χ0v) is 13.6. The van der Waals surface area contributed by atoms with Crippen LogP contribution in [0.15, 0.2) is 34.8 Å². The summed E-state index contributed by atoms with van der Waals surface area (Å²) in [6.07, 6.45) is 1.06. The van der Waals surface area contributed by atoms with Crippen LogP contribution in [-0.2, 0) is 11.8 Å². The van der Waals surface area contributed by atoms with Crippen molar-refractivity contribution in [2.24, 2.45) is 0 Å². The van der Waals surface area contributed by atoms with Gasteiger partial charge in [0.1, 0.15) is 0 Å². The number of fused-ring (bicyclic) bond motifs is 3. The molecule has 1 aliphatic carbocycles. The summed E-state index contributed by atoms with van der Waals surface area (Å²) in [7, 11) is 0. The Hall–Kier alpha value is -1.08. The van der Waals surface area contributed by atoms with Gasteiger partial charge in [-0.1, -0.05) is 61.0 Å². The number of hydrogen-bond acceptors (Lipinski definition) is 0. The van der Waals surface area contributed by atoms with Gasteiger partial charge in [-0.3, -0.25) is 0 Å². The predicted molar refractivity (Wildman–Crippen MR) is 85.8 cm³/mol. The van der Waals surface area contributed by atoms with Gasteiger partial charge >= 0.3 is 0 Å². The minimum atomic E-state index is 0.223. The van der Waals surface area contributed by atoms with E-state index in [0.29, 0.717) is 0 Å². The largest absolute Gasteiger partial charge is 0.0579 e. The number of rotatable bonds is 0. The van der Waals surface area contributed by atoms with Crippen LogP contribution >= 0.6 is 15.9 Å². The highest BCUT2D eigenvalue weighted by molar-refractivity contribution is 9.10. The van der Waals surface area contributed by atoms with E-state index in [2.05, 4.69) is 74.0 Å². The van der Waals surface area contributed by atoms with Gasteiger partial charge in [0.05, 0.1) is 0 Å². The smallest absolute Gasteiger partial charge is 0.0207 e. The fourth-order valence-corrected chi connectivity index (χ4v) is 3.18. The molecule has 0 N–H and O–H groups in total. The van der Waals surface area contributed by atoms with Crippen molar-refractivity contribution in [2.75, 3.05) is 0 Å². The Balaban J connectivity index is 2.14. The summed E-state index contributed by atoms with van der Waals surface area (Å²) in [6.45, 7) is 8.98. The summed E-state index contributed by atoms with van der Waals surface area (Å²) in [4.78, 5) is 0. The lowest BCUT2D eigenvalue weighted by atomic mass is 9.85. The number of halogens is 1. The molecule has 0 radical (unpaired) electrons. The summed E-state index contributed by atoms with van der Waals surface area (Å²) in [5.41, 5.74) is 8.70. The van der Waals surface area contributed by atoms with Crippen molar-refractivity contribution in [3.8, 4) is 11.1 Å². The average molecular weight is 315 g/mol. The summed E-state index contributed by atoms with van der Waals surface area (Å²) in [5.74, 6) is 0. The highest BCUT2D eigenvalue weighted by atomic mass is 79.9. The Bertz CT molecular complexity index is 660. The molecular formula is C18H19Br. The molecular weight excluding hydrogens is 296 g/mol. The predicted octanol–water partition coefficient (Wildman–Crippen LogP) is 5.63. The minimum Gasteiger partial charge on any atom is -0.0579 e. The third kappa shape index (κ3) is 2.14. The second-order valence-corrected chi connectivity index (χ2v) is 7.41. The van der Waals surface area contributed by atoms with Crippen molar-refractivity contribution in [3.05, 3.63) is 57.1 Å². The number of benzene rings is 2. The average Bonchev–Trinajstić information content (AvgIpc) is 2.65. The van der Waals surface area contributed by atoms with Crippen LogP contribution in [0, 0.1) is 6.92 Å². The van der Waals surface area contributed by atoms with E-state index in [-0.39, 0.29) is 5.41 Å². The van der Waals surface area contributed by atoms with Gasteiger partial charge < -0.3 is 0 Å². The van der Waals surface area contributed by atoms with Crippen LogP contribution in [-0.4, -0.2) is 0 Å². The summed E-state index contributed by atoms with van der Waals surface area (Å²) < 4.78 is 1.22. The van der Waals surface area contributed by atoms with Gasteiger partial charge in [-0.2, -0.15) is 0 Å². The molecule has 0 atom stereocenters. The van der Waals surface area contributed by atoms with Crippen molar-refractivity contribution in [1.29, 1.82) is 0 Å². The molecule has 0 aliphatic heterocycles. The second-order valence-electron chi connectivity index (χ2n) is 6.56. The highest BCUT2D eigenvalue weighted by Crippen LogP contribution is 2.40. The van der Waals surface area contributed by atoms with Crippen LogP contribution in [0.25, 0.3) is 11.1 Å². The zero-order chi connectivity index (χ0) is 13.8. The zero-order valence-electron chi connectivity index (χ0n) is 12.0. The number of hydrogen-bond donors (Lipinski definition) is 0. The Labute approximate surface area is 124 Å². The molecule has 0 unspecified atom stereocenters. The van der Waals surface area contributed by atoms with Gasteiger partial charge in [0.2, 0.25) is 0 Å². The molecule has 98 valence electrons. The summed E-state index contributed by atoms with van der Waals surface area (Å²) in [6, 6.07) is 11.6. The molecule has 1 aliphatic rings. The van der Waals surface area contributed by atoms with Gasteiger partial charge in [0.25, 0.3) is 0 Å². The molecule has 0 fully saturated rings. The third-order valence-electron chi connectivity index (χ3n) is 4.03. The molecule has 1 heteroatoms. The van der Waals surface area contributed by atoms with Gasteiger partial charge in [-0.15, -0.1) is 0 Å². The van der Waals surface area contributed by atoms with Gasteiger partial charge in [-0.25, -0.2) is 0 Å². The van der Waals surface area contributed by atoms with Crippen molar-refractivity contribution in [2.45, 2.75) is 39.5 Å². The van der Waals surface area contributed by atoms with Gasteiger partial charge in [0, 0.05) is 4.47 Å². The normalized spacial score (nSPS) is 13.3. The van der Waals surface area contributed by atoms with E-state index in [1.165, 1.54) is 37.9 Å². The van der Waals surface area contributed by atoms with E-state index in [1.807, 2.05) is 0 Å². The quantitative estimate of drug-likeness (QED) is 0.504. The number of aryl methyl sites for hydroxylation is 1. The van der Waals surface area contributed by atoms with E-state index in [0.717, 1.165) is 6.42 Å². The maximum absolute atomic E-state index is 3.64. The van der Waals surface area contributed by atoms with Crippen LogP contribution in [0.3, 0.4) is 0 Å². The van der Waals surface area contributed by atoms with Gasteiger partial charge in [0.15, 0.2) is 0 Å². The first kappa shape index (κ1) is 12.9. The Morgan fingerprint density at radius 3 is 2.32 bits per heavy atom. The van der Waals surface area contributed by atoms with Crippen molar-refractivity contribution >= 4 is 15.9 Å². The monoisotopic (exact) mass is 314 g/mol. The van der Waals surface area contributed by atoms with E-state index in [9.17, 15) is 0 Å². The molecule has 0 heterocycles. The highest BCUT2D eigenvalue weighted by Gasteiger charge is 2.22. The fourth-order valence-electron chi connectivity index (χ4n) is 2.79. The molecule has 0 bridgehead atoms. The first-order chi connectivity index (χ1) is 8.86. The second kappa shape index (κ2) is 4.21. The van der Waals surface area contributed by atoms with E-state index in [1.54, 1.807) is 0 Å². The lowest BCUT2D eigenvalue weighted by Crippen LogP contribution is -2.11. The molecule has 0 saturated carbocycles. The topological polar surface area (TPSA) is 0 Å². The molecule has 0 amide bonds. The minimum absolute atomic E-state index is 0.223. The molecule has 2 aromatic rings. The standard InChI is InChI=1S/C18H19Br/c1-11-7-16-13(10-17(11)19)8-12-9-14(18(2,3)4)5-6-15(12)16/h5-7,9-10H,8H2,1-4H3. The molecule has 0 spiro atoms. The van der Waals surface area contributed by atoms with Crippen molar-refractivity contribution < 1.29 is 0 Å². The molecule has 0 aromatic heterocycles. The SMILES string of the molecule is Cc1cc2c(cc1Br)Cc1cc(C(C)(C)C)ccc1-2. The molecule has 3 rings (SSSR count). The van der Waals surface area contributed by atoms with Crippen molar-refractivity contribution in [3.63, 3.8) is 0 Å². The van der Waals surface area contributed by atoms with Crippen LogP contribution < -0.4 is 0 Å². The van der Waals surface area contributed by atoms with Crippen LogP contribution in [0.5, 0.6) is 0 Å². The molecule has 0 nitrogen and oxygen atoms in total. The maximum Gasteiger partial charge on any atom is 0.0207 e. The van der Waals surface area contributed by atoms with E-state index in [4.69, 9.17) is 0 Å². The summed E-state index contributed by atoms with van der Waals surface area (Å²) in [5, 5.41) is 0. The van der Waals surface area contributed by atoms with Crippen LogP contribution in [0.4, 0.5) is 0 Å². The molecule has 19 heavy (non-hydrogen) atoms. The Kier molecular flexibility index (Phi) is 2.86. The lowest BCUT2D eigenvalue weighted by Gasteiger charge is -2.20. The first-order valence-electron chi connectivity index (χ1n) is 6.79. The molecule has 0 saturated heterocycles. The van der Waals surface area contributed by atoms with E-state index < -0.39 is 0 Å². The van der Waals surface area contributed by atoms with Crippen LogP contribution in [0.2, 0.25) is 0 Å². The summed E-state index contributed by atoms with van der Waals surface area (Å²) >= 11 is 3.64. The fraction of sp³-hybridized carbons (Fsp3) is 0.333. The van der Waals surface area contributed by atoms with Crippen molar-refractivity contribution in [1.82, 2.24) is 0 Å². The maximum atomic E-state index is 3.64.